The third-order valence-corrected chi connectivity index (χ3v) is 10.1. The van der Waals surface area contributed by atoms with Crippen molar-refractivity contribution in [1.29, 1.82) is 0 Å². The topological polar surface area (TPSA) is 70.6 Å². The first-order chi connectivity index (χ1) is 18.1. The van der Waals surface area contributed by atoms with Gasteiger partial charge in [0, 0.05) is 19.0 Å². The van der Waals surface area contributed by atoms with Gasteiger partial charge in [0.1, 0.15) is 16.5 Å². The second kappa shape index (κ2) is 10.5. The number of halogens is 2. The summed E-state index contributed by atoms with van der Waals surface area (Å²) in [5, 5.41) is 0.600. The number of hydrogen-bond donors (Lipinski definition) is 0. The van der Waals surface area contributed by atoms with E-state index in [0.29, 0.717) is 17.7 Å². The largest absolute Gasteiger partial charge is 0.283 e. The zero-order valence-corrected chi connectivity index (χ0v) is 22.7. The molecule has 1 amide bonds. The molecule has 0 N–H and O–H groups in total. The number of thiazole rings is 1. The van der Waals surface area contributed by atoms with Gasteiger partial charge in [-0.2, -0.15) is 4.31 Å². The van der Waals surface area contributed by atoms with E-state index in [4.69, 9.17) is 4.98 Å². The summed E-state index contributed by atoms with van der Waals surface area (Å²) in [5.74, 6) is -2.39. The lowest BCUT2D eigenvalue weighted by Crippen LogP contribution is -2.44. The molecule has 0 radical (unpaired) electrons. The standard InChI is InChI=1S/C28H27F2N3O3S2/c1-18-8-9-19(2)26-25(18)31-28(37-26)33(17-20-6-4-3-5-7-20)27(34)21-12-14-32(15-13-21)38(35,36)24-16-22(29)10-11-23(24)30/h3-11,16,21H,12-15,17H2,1-2H3. The highest BCUT2D eigenvalue weighted by atomic mass is 32.2. The number of piperidine rings is 1. The Morgan fingerprint density at radius 2 is 1.71 bits per heavy atom. The average molecular weight is 556 g/mol. The molecular weight excluding hydrogens is 528 g/mol. The molecule has 5 rings (SSSR count). The Balaban J connectivity index is 1.40. The first-order valence-electron chi connectivity index (χ1n) is 12.3. The quantitative estimate of drug-likeness (QED) is 0.300. The maximum atomic E-state index is 14.2. The molecule has 0 spiro atoms. The van der Waals surface area contributed by atoms with Crippen LogP contribution in [0.1, 0.15) is 29.5 Å². The molecule has 38 heavy (non-hydrogen) atoms. The van der Waals surface area contributed by atoms with E-state index in [0.717, 1.165) is 43.3 Å². The lowest BCUT2D eigenvalue weighted by Gasteiger charge is -2.33. The predicted octanol–water partition coefficient (Wildman–Crippen LogP) is 5.83. The number of aryl methyl sites for hydroxylation is 2. The van der Waals surface area contributed by atoms with Crippen LogP contribution in [0.3, 0.4) is 0 Å². The van der Waals surface area contributed by atoms with Gasteiger partial charge in [-0.25, -0.2) is 22.2 Å². The Morgan fingerprint density at radius 1 is 1.03 bits per heavy atom. The maximum Gasteiger partial charge on any atom is 0.246 e. The summed E-state index contributed by atoms with van der Waals surface area (Å²) in [6, 6.07) is 16.1. The zero-order chi connectivity index (χ0) is 27.0. The van der Waals surface area contributed by atoms with Gasteiger partial charge in [0.05, 0.1) is 16.8 Å². The average Bonchev–Trinajstić information content (AvgIpc) is 3.38. The summed E-state index contributed by atoms with van der Waals surface area (Å²) in [7, 11) is -4.23. The van der Waals surface area contributed by atoms with E-state index in [2.05, 4.69) is 0 Å². The summed E-state index contributed by atoms with van der Waals surface area (Å²) >= 11 is 1.47. The highest BCUT2D eigenvalue weighted by molar-refractivity contribution is 7.89. The number of anilines is 1. The van der Waals surface area contributed by atoms with Gasteiger partial charge in [-0.15, -0.1) is 0 Å². The number of hydrogen-bond acceptors (Lipinski definition) is 5. The van der Waals surface area contributed by atoms with Crippen LogP contribution in [0.2, 0.25) is 0 Å². The van der Waals surface area contributed by atoms with Crippen LogP contribution >= 0.6 is 11.3 Å². The molecule has 6 nitrogen and oxygen atoms in total. The fourth-order valence-corrected chi connectivity index (χ4v) is 7.41. The molecule has 1 aliphatic heterocycles. The monoisotopic (exact) mass is 555 g/mol. The third-order valence-electron chi connectivity index (χ3n) is 6.93. The van der Waals surface area contributed by atoms with Crippen molar-refractivity contribution in [2.75, 3.05) is 18.0 Å². The van der Waals surface area contributed by atoms with Gasteiger partial charge < -0.3 is 0 Å². The molecule has 4 aromatic rings. The molecule has 0 saturated carbocycles. The molecule has 1 aliphatic rings. The molecule has 1 aromatic heterocycles. The van der Waals surface area contributed by atoms with Gasteiger partial charge in [-0.3, -0.25) is 9.69 Å². The second-order valence-electron chi connectivity index (χ2n) is 9.54. The van der Waals surface area contributed by atoms with Gasteiger partial charge >= 0.3 is 0 Å². The number of benzene rings is 3. The van der Waals surface area contributed by atoms with E-state index in [-0.39, 0.29) is 31.8 Å². The Labute approximate surface area is 224 Å². The molecule has 0 aliphatic carbocycles. The van der Waals surface area contributed by atoms with Crippen molar-refractivity contribution in [1.82, 2.24) is 9.29 Å². The fourth-order valence-electron chi connectivity index (χ4n) is 4.75. The number of carbonyl (C=O) groups excluding carboxylic acids is 1. The normalized spacial score (nSPS) is 15.2. The zero-order valence-electron chi connectivity index (χ0n) is 21.0. The molecule has 0 bridgehead atoms. The van der Waals surface area contributed by atoms with Crippen LogP contribution in [0.15, 0.2) is 65.6 Å². The van der Waals surface area contributed by atoms with Crippen LogP contribution in [0.4, 0.5) is 13.9 Å². The molecule has 10 heteroatoms. The Bertz CT molecular complexity index is 1560. The number of sulfonamides is 1. The summed E-state index contributed by atoms with van der Waals surface area (Å²) < 4.78 is 56.1. The highest BCUT2D eigenvalue weighted by Crippen LogP contribution is 2.36. The number of carbonyl (C=O) groups is 1. The summed E-state index contributed by atoms with van der Waals surface area (Å²) in [4.78, 5) is 19.7. The minimum absolute atomic E-state index is 0.0337. The van der Waals surface area contributed by atoms with Crippen LogP contribution in [0, 0.1) is 31.4 Å². The van der Waals surface area contributed by atoms with Crippen molar-refractivity contribution in [3.8, 4) is 0 Å². The van der Waals surface area contributed by atoms with Crippen molar-refractivity contribution >= 4 is 42.6 Å². The highest BCUT2D eigenvalue weighted by Gasteiger charge is 2.36. The van der Waals surface area contributed by atoms with Crippen LogP contribution < -0.4 is 4.90 Å². The number of aromatic nitrogens is 1. The van der Waals surface area contributed by atoms with Crippen molar-refractivity contribution < 1.29 is 22.0 Å². The summed E-state index contributed by atoms with van der Waals surface area (Å²) in [6.07, 6.45) is 0.534. The number of nitrogens with zero attached hydrogens (tertiary/aromatic N) is 3. The Kier molecular flexibility index (Phi) is 7.30. The molecule has 2 heterocycles. The Hall–Kier alpha value is -3.21. The van der Waals surface area contributed by atoms with E-state index in [9.17, 15) is 22.0 Å². The minimum atomic E-state index is -4.23. The summed E-state index contributed by atoms with van der Waals surface area (Å²) in [6.45, 7) is 4.42. The number of rotatable bonds is 6. The summed E-state index contributed by atoms with van der Waals surface area (Å²) in [5.41, 5.74) is 3.94. The van der Waals surface area contributed by atoms with Gasteiger partial charge in [0.2, 0.25) is 15.9 Å². The van der Waals surface area contributed by atoms with Crippen molar-refractivity contribution in [3.63, 3.8) is 0 Å². The van der Waals surface area contributed by atoms with E-state index < -0.39 is 32.5 Å². The van der Waals surface area contributed by atoms with Crippen molar-refractivity contribution in [3.05, 3.63) is 89.0 Å². The predicted molar refractivity (Wildman–Crippen MR) is 145 cm³/mol. The van der Waals surface area contributed by atoms with Crippen LogP contribution in [0.5, 0.6) is 0 Å². The van der Waals surface area contributed by atoms with E-state index >= 15 is 0 Å². The molecule has 198 valence electrons. The third kappa shape index (κ3) is 5.08. The van der Waals surface area contributed by atoms with Crippen LogP contribution in [0.25, 0.3) is 10.2 Å². The smallest absolute Gasteiger partial charge is 0.246 e. The number of fused-ring (bicyclic) bond motifs is 1. The minimum Gasteiger partial charge on any atom is -0.283 e. The first-order valence-corrected chi connectivity index (χ1v) is 14.6. The molecule has 0 atom stereocenters. The van der Waals surface area contributed by atoms with Crippen molar-refractivity contribution in [2.24, 2.45) is 5.92 Å². The van der Waals surface area contributed by atoms with E-state index in [1.165, 1.54) is 11.3 Å². The maximum absolute atomic E-state index is 14.2. The molecule has 1 fully saturated rings. The first kappa shape index (κ1) is 26.4. The van der Waals surface area contributed by atoms with E-state index in [1.807, 2.05) is 56.3 Å². The molecule has 0 unspecified atom stereocenters. The van der Waals surface area contributed by atoms with Gasteiger partial charge in [-0.05, 0) is 61.6 Å². The molecule has 3 aromatic carbocycles. The van der Waals surface area contributed by atoms with Gasteiger partial charge in [0.25, 0.3) is 0 Å². The fraction of sp³-hybridized carbons (Fsp3) is 0.286. The lowest BCUT2D eigenvalue weighted by molar-refractivity contribution is -0.123. The van der Waals surface area contributed by atoms with Gasteiger partial charge in [-0.1, -0.05) is 53.8 Å². The number of amides is 1. The molecular formula is C28H27F2N3O3S2. The van der Waals surface area contributed by atoms with E-state index in [1.54, 1.807) is 4.90 Å². The second-order valence-corrected chi connectivity index (χ2v) is 12.4. The van der Waals surface area contributed by atoms with Crippen LogP contribution in [-0.2, 0) is 21.4 Å². The van der Waals surface area contributed by atoms with Gasteiger partial charge in [0.15, 0.2) is 5.13 Å². The SMILES string of the molecule is Cc1ccc(C)c2sc(N(Cc3ccccc3)C(=O)C3CCN(S(=O)(=O)c4cc(F)ccc4F)CC3)nc12. The van der Waals surface area contributed by atoms with Crippen molar-refractivity contribution in [2.45, 2.75) is 38.1 Å². The molecule has 1 saturated heterocycles. The lowest BCUT2D eigenvalue weighted by atomic mass is 9.96. The van der Waals surface area contributed by atoms with Crippen LogP contribution in [-0.4, -0.2) is 36.7 Å². The Morgan fingerprint density at radius 3 is 2.39 bits per heavy atom.